The summed E-state index contributed by atoms with van der Waals surface area (Å²) in [5.74, 6) is 0.168. The highest BCUT2D eigenvalue weighted by molar-refractivity contribution is 5.86. The molecule has 0 fully saturated rings. The number of hydrogen-bond acceptors (Lipinski definition) is 4. The molecule has 0 aliphatic rings. The molecular formula is C21H23N5O. The van der Waals surface area contributed by atoms with Gasteiger partial charge in [-0.05, 0) is 41.7 Å². The molecule has 2 aromatic carbocycles. The number of nitrogens with one attached hydrogen (secondary N) is 1. The van der Waals surface area contributed by atoms with E-state index in [0.29, 0.717) is 5.92 Å². The minimum Gasteiger partial charge on any atom is -0.271 e. The number of hydrogen-bond donors (Lipinski definition) is 1. The SMILES string of the molecule is C/C(C=NNC(=O)Cn1nc2ccccc2n1)=C/c1ccccc1C(C)C. The summed E-state index contributed by atoms with van der Waals surface area (Å²) in [6.45, 7) is 6.31. The highest BCUT2D eigenvalue weighted by Crippen LogP contribution is 2.21. The molecule has 0 saturated carbocycles. The van der Waals surface area contributed by atoms with Gasteiger partial charge in [-0.2, -0.15) is 20.1 Å². The lowest BCUT2D eigenvalue weighted by Crippen LogP contribution is -2.24. The van der Waals surface area contributed by atoms with Crippen LogP contribution in [0.5, 0.6) is 0 Å². The molecule has 0 bridgehead atoms. The van der Waals surface area contributed by atoms with E-state index in [1.165, 1.54) is 10.4 Å². The third-order valence-electron chi connectivity index (χ3n) is 4.07. The molecule has 6 nitrogen and oxygen atoms in total. The van der Waals surface area contributed by atoms with Crippen LogP contribution in [0.1, 0.15) is 37.8 Å². The highest BCUT2D eigenvalue weighted by Gasteiger charge is 2.06. The first-order chi connectivity index (χ1) is 13.0. The molecule has 3 aromatic rings. The maximum absolute atomic E-state index is 12.0. The fourth-order valence-corrected chi connectivity index (χ4v) is 2.80. The molecule has 1 amide bonds. The molecule has 0 aliphatic carbocycles. The van der Waals surface area contributed by atoms with Crippen LogP contribution in [0.15, 0.2) is 59.2 Å². The van der Waals surface area contributed by atoms with Crippen LogP contribution < -0.4 is 5.43 Å². The van der Waals surface area contributed by atoms with Gasteiger partial charge in [0.1, 0.15) is 17.6 Å². The molecule has 0 aliphatic heterocycles. The zero-order valence-corrected chi connectivity index (χ0v) is 15.8. The molecule has 138 valence electrons. The van der Waals surface area contributed by atoms with Gasteiger partial charge >= 0.3 is 0 Å². The molecule has 1 heterocycles. The first-order valence-electron chi connectivity index (χ1n) is 8.92. The molecule has 27 heavy (non-hydrogen) atoms. The van der Waals surface area contributed by atoms with Crippen molar-refractivity contribution in [2.24, 2.45) is 5.10 Å². The Bertz CT molecular complexity index is 967. The van der Waals surface area contributed by atoms with Crippen molar-refractivity contribution < 1.29 is 4.79 Å². The van der Waals surface area contributed by atoms with E-state index in [1.54, 1.807) is 6.21 Å². The van der Waals surface area contributed by atoms with Crippen molar-refractivity contribution in [1.82, 2.24) is 20.4 Å². The Morgan fingerprint density at radius 1 is 1.11 bits per heavy atom. The average molecular weight is 361 g/mol. The van der Waals surface area contributed by atoms with Crippen LogP contribution in [0.2, 0.25) is 0 Å². The van der Waals surface area contributed by atoms with Crippen LogP contribution in [0.25, 0.3) is 17.1 Å². The highest BCUT2D eigenvalue weighted by atomic mass is 16.2. The molecule has 1 aromatic heterocycles. The second kappa shape index (κ2) is 8.40. The zero-order chi connectivity index (χ0) is 19.2. The van der Waals surface area contributed by atoms with E-state index in [2.05, 4.69) is 52.8 Å². The minimum absolute atomic E-state index is 0.0188. The maximum atomic E-state index is 12.0. The van der Waals surface area contributed by atoms with E-state index in [9.17, 15) is 4.79 Å². The number of rotatable bonds is 6. The minimum atomic E-state index is -0.276. The number of amides is 1. The number of carbonyl (C=O) groups excluding carboxylic acids is 1. The third-order valence-corrected chi connectivity index (χ3v) is 4.07. The van der Waals surface area contributed by atoms with E-state index >= 15 is 0 Å². The Balaban J connectivity index is 1.60. The molecule has 6 heteroatoms. The van der Waals surface area contributed by atoms with Gasteiger partial charge in [0.2, 0.25) is 0 Å². The Labute approximate surface area is 158 Å². The van der Waals surface area contributed by atoms with Crippen molar-refractivity contribution in [1.29, 1.82) is 0 Å². The quantitative estimate of drug-likeness (QED) is 0.537. The van der Waals surface area contributed by atoms with E-state index in [4.69, 9.17) is 0 Å². The number of allylic oxidation sites excluding steroid dienone is 1. The summed E-state index contributed by atoms with van der Waals surface area (Å²) in [5, 5.41) is 12.5. The fourth-order valence-electron chi connectivity index (χ4n) is 2.80. The van der Waals surface area contributed by atoms with Crippen LogP contribution in [0.3, 0.4) is 0 Å². The van der Waals surface area contributed by atoms with Gasteiger partial charge in [-0.3, -0.25) is 4.79 Å². The van der Waals surface area contributed by atoms with Crippen molar-refractivity contribution in [2.75, 3.05) is 0 Å². The van der Waals surface area contributed by atoms with Crippen molar-refractivity contribution >= 4 is 29.2 Å². The van der Waals surface area contributed by atoms with E-state index < -0.39 is 0 Å². The third kappa shape index (κ3) is 4.88. The Hall–Kier alpha value is -3.28. The smallest absolute Gasteiger partial charge is 0.263 e. The Kier molecular flexibility index (Phi) is 5.76. The Morgan fingerprint density at radius 3 is 2.41 bits per heavy atom. The van der Waals surface area contributed by atoms with Crippen molar-refractivity contribution in [3.05, 3.63) is 65.2 Å². The van der Waals surface area contributed by atoms with Crippen LogP contribution in [0, 0.1) is 0 Å². The van der Waals surface area contributed by atoms with Gasteiger partial charge in [-0.1, -0.05) is 56.3 Å². The van der Waals surface area contributed by atoms with Gasteiger partial charge in [-0.25, -0.2) is 5.43 Å². The number of nitrogens with zero attached hydrogens (tertiary/aromatic N) is 4. The van der Waals surface area contributed by atoms with Crippen molar-refractivity contribution in [3.63, 3.8) is 0 Å². The number of fused-ring (bicyclic) bond motifs is 1. The van der Waals surface area contributed by atoms with Crippen molar-refractivity contribution in [3.8, 4) is 0 Å². The van der Waals surface area contributed by atoms with Gasteiger partial charge in [-0.15, -0.1) is 0 Å². The molecule has 0 radical (unpaired) electrons. The number of hydrazone groups is 1. The molecule has 0 atom stereocenters. The zero-order valence-electron chi connectivity index (χ0n) is 15.8. The van der Waals surface area contributed by atoms with Crippen molar-refractivity contribution in [2.45, 2.75) is 33.2 Å². The molecule has 0 saturated heterocycles. The predicted molar refractivity (Wildman–Crippen MR) is 108 cm³/mol. The van der Waals surface area contributed by atoms with Gasteiger partial charge < -0.3 is 0 Å². The first kappa shape index (κ1) is 18.5. The predicted octanol–water partition coefficient (Wildman–Crippen LogP) is 3.76. The lowest BCUT2D eigenvalue weighted by Gasteiger charge is -2.09. The monoisotopic (exact) mass is 361 g/mol. The summed E-state index contributed by atoms with van der Waals surface area (Å²) in [7, 11) is 0. The van der Waals surface area contributed by atoms with Gasteiger partial charge in [0, 0.05) is 0 Å². The molecular weight excluding hydrogens is 338 g/mol. The summed E-state index contributed by atoms with van der Waals surface area (Å²) < 4.78 is 0. The molecule has 0 spiro atoms. The summed E-state index contributed by atoms with van der Waals surface area (Å²) in [6.07, 6.45) is 3.70. The molecule has 1 N–H and O–H groups in total. The lowest BCUT2D eigenvalue weighted by atomic mass is 9.96. The van der Waals surface area contributed by atoms with Gasteiger partial charge in [0.15, 0.2) is 0 Å². The molecule has 3 rings (SSSR count). The van der Waals surface area contributed by atoms with E-state index in [0.717, 1.165) is 22.2 Å². The average Bonchev–Trinajstić information content (AvgIpc) is 3.04. The van der Waals surface area contributed by atoms with Crippen LogP contribution in [-0.4, -0.2) is 27.1 Å². The van der Waals surface area contributed by atoms with Gasteiger partial charge in [0.25, 0.3) is 5.91 Å². The topological polar surface area (TPSA) is 72.2 Å². The number of aromatic nitrogens is 3. The summed E-state index contributed by atoms with van der Waals surface area (Å²) in [5.41, 5.74) is 7.44. The maximum Gasteiger partial charge on any atom is 0.263 e. The number of benzene rings is 2. The lowest BCUT2D eigenvalue weighted by molar-refractivity contribution is -0.122. The normalized spacial score (nSPS) is 12.2. The Morgan fingerprint density at radius 2 is 1.74 bits per heavy atom. The number of carbonyl (C=O) groups is 1. The largest absolute Gasteiger partial charge is 0.271 e. The summed E-state index contributed by atoms with van der Waals surface area (Å²) in [4.78, 5) is 13.4. The van der Waals surface area contributed by atoms with Gasteiger partial charge in [0.05, 0.1) is 6.21 Å². The van der Waals surface area contributed by atoms with Crippen LogP contribution >= 0.6 is 0 Å². The standard InChI is InChI=1S/C21H23N5O/c1-15(2)18-9-5-4-8-17(18)12-16(3)13-22-23-21(27)14-26-24-19-10-6-7-11-20(19)25-26/h4-13,15H,14H2,1-3H3,(H,23,27)/b16-12-,22-13?. The van der Waals surface area contributed by atoms with E-state index in [-0.39, 0.29) is 12.5 Å². The van der Waals surface area contributed by atoms with E-state index in [1.807, 2.05) is 43.3 Å². The van der Waals surface area contributed by atoms with Crippen LogP contribution in [-0.2, 0) is 11.3 Å². The van der Waals surface area contributed by atoms with Crippen LogP contribution in [0.4, 0.5) is 0 Å². The fraction of sp³-hybridized carbons (Fsp3) is 0.238. The second-order valence-electron chi connectivity index (χ2n) is 6.68. The first-order valence-corrected chi connectivity index (χ1v) is 8.92. The second-order valence-corrected chi connectivity index (χ2v) is 6.68. The summed E-state index contributed by atoms with van der Waals surface area (Å²) >= 11 is 0. The summed E-state index contributed by atoms with van der Waals surface area (Å²) in [6, 6.07) is 15.8. The molecule has 0 unspecified atom stereocenters.